The number of hydrogen-bond acceptors (Lipinski definition) is 2. The van der Waals surface area contributed by atoms with Crippen molar-refractivity contribution in [1.82, 2.24) is 10.2 Å². The first kappa shape index (κ1) is 16.7. The van der Waals surface area contributed by atoms with Crippen molar-refractivity contribution in [2.24, 2.45) is 0 Å². The minimum Gasteiger partial charge on any atom is -0.377 e. The number of urea groups is 1. The molecule has 2 rings (SSSR count). The van der Waals surface area contributed by atoms with Crippen LogP contribution in [0.4, 0.5) is 13.6 Å². The Kier molecular flexibility index (Phi) is 5.71. The molecule has 4 nitrogen and oxygen atoms in total. The lowest BCUT2D eigenvalue weighted by molar-refractivity contribution is 0.0162. The lowest BCUT2D eigenvalue weighted by Crippen LogP contribution is -2.48. The highest BCUT2D eigenvalue weighted by Crippen LogP contribution is 2.18. The smallest absolute Gasteiger partial charge is 0.317 e. The number of amides is 2. The summed E-state index contributed by atoms with van der Waals surface area (Å²) >= 11 is 0. The van der Waals surface area contributed by atoms with Crippen molar-refractivity contribution in [3.63, 3.8) is 0 Å². The molecule has 0 spiro atoms. The van der Waals surface area contributed by atoms with Gasteiger partial charge < -0.3 is 15.0 Å². The average molecular weight is 312 g/mol. The molecule has 0 saturated carbocycles. The lowest BCUT2D eigenvalue weighted by atomic mass is 10.1. The predicted molar refractivity (Wildman–Crippen MR) is 79.5 cm³/mol. The van der Waals surface area contributed by atoms with Gasteiger partial charge in [-0.15, -0.1) is 0 Å². The summed E-state index contributed by atoms with van der Waals surface area (Å²) < 4.78 is 31.8. The maximum Gasteiger partial charge on any atom is 0.317 e. The average Bonchev–Trinajstić information content (AvgIpc) is 2.50. The van der Waals surface area contributed by atoms with Gasteiger partial charge in [-0.25, -0.2) is 13.6 Å². The third kappa shape index (κ3) is 4.16. The molecule has 1 aliphatic rings. The highest BCUT2D eigenvalue weighted by atomic mass is 19.2. The Balaban J connectivity index is 1.94. The second kappa shape index (κ2) is 7.54. The van der Waals surface area contributed by atoms with E-state index < -0.39 is 17.7 Å². The van der Waals surface area contributed by atoms with Gasteiger partial charge in [0, 0.05) is 19.7 Å². The van der Waals surface area contributed by atoms with Crippen molar-refractivity contribution in [2.75, 3.05) is 19.7 Å². The first-order valence-electron chi connectivity index (χ1n) is 7.63. The Labute approximate surface area is 129 Å². The van der Waals surface area contributed by atoms with Crippen LogP contribution in [0.5, 0.6) is 0 Å². The molecule has 122 valence electrons. The quantitative estimate of drug-likeness (QED) is 0.927. The Bertz CT molecular complexity index is 523. The molecule has 1 aromatic carbocycles. The van der Waals surface area contributed by atoms with Gasteiger partial charge in [-0.3, -0.25) is 0 Å². The number of carbonyl (C=O) groups is 1. The van der Waals surface area contributed by atoms with Gasteiger partial charge in [0.1, 0.15) is 0 Å². The summed E-state index contributed by atoms with van der Waals surface area (Å²) in [5, 5.41) is 2.82. The number of hydrogen-bond donors (Lipinski definition) is 1. The van der Waals surface area contributed by atoms with Crippen LogP contribution in [0.3, 0.4) is 0 Å². The maximum atomic E-state index is 13.3. The first-order chi connectivity index (χ1) is 10.5. The maximum absolute atomic E-state index is 13.3. The van der Waals surface area contributed by atoms with Crippen LogP contribution in [0.2, 0.25) is 0 Å². The number of carbonyl (C=O) groups excluding carboxylic acids is 1. The highest BCUT2D eigenvalue weighted by molar-refractivity contribution is 5.74. The van der Waals surface area contributed by atoms with E-state index in [-0.39, 0.29) is 12.1 Å². The molecule has 1 fully saturated rings. The fourth-order valence-corrected chi connectivity index (χ4v) is 2.64. The van der Waals surface area contributed by atoms with Crippen LogP contribution in [0.25, 0.3) is 0 Å². The minimum atomic E-state index is -0.909. The first-order valence-corrected chi connectivity index (χ1v) is 7.63. The molecule has 0 unspecified atom stereocenters. The fraction of sp³-hybridized carbons (Fsp3) is 0.562. The zero-order valence-corrected chi connectivity index (χ0v) is 12.9. The van der Waals surface area contributed by atoms with Crippen molar-refractivity contribution in [2.45, 2.75) is 38.8 Å². The molecule has 0 aromatic heterocycles. The van der Waals surface area contributed by atoms with Crippen LogP contribution < -0.4 is 5.32 Å². The number of piperidine rings is 1. The van der Waals surface area contributed by atoms with Gasteiger partial charge in [0.25, 0.3) is 0 Å². The van der Waals surface area contributed by atoms with Gasteiger partial charge in [-0.05, 0) is 44.4 Å². The van der Waals surface area contributed by atoms with E-state index in [1.807, 2.05) is 6.92 Å². The van der Waals surface area contributed by atoms with Gasteiger partial charge in [0.15, 0.2) is 11.6 Å². The third-order valence-electron chi connectivity index (χ3n) is 3.85. The standard InChI is InChI=1S/C16H22F2N2O2/c1-3-22-13-5-4-8-20(10-13)16(21)19-11(2)12-6-7-14(17)15(18)9-12/h6-7,9,11,13H,3-5,8,10H2,1-2H3,(H,19,21)/t11-,13+/m0/s1. The van der Waals surface area contributed by atoms with Gasteiger partial charge in [0.05, 0.1) is 12.1 Å². The van der Waals surface area contributed by atoms with Crippen LogP contribution >= 0.6 is 0 Å². The van der Waals surface area contributed by atoms with Crippen LogP contribution in [0.15, 0.2) is 18.2 Å². The Morgan fingerprint density at radius 1 is 1.45 bits per heavy atom. The van der Waals surface area contributed by atoms with E-state index in [0.717, 1.165) is 25.0 Å². The molecule has 6 heteroatoms. The van der Waals surface area contributed by atoms with Crippen LogP contribution in [0, 0.1) is 11.6 Å². The van der Waals surface area contributed by atoms with E-state index in [1.165, 1.54) is 6.07 Å². The predicted octanol–water partition coefficient (Wildman–Crippen LogP) is 3.24. The van der Waals surface area contributed by atoms with Crippen molar-refractivity contribution in [1.29, 1.82) is 0 Å². The van der Waals surface area contributed by atoms with E-state index in [0.29, 0.717) is 25.3 Å². The SMILES string of the molecule is CCO[C@@H]1CCCN(C(=O)N[C@@H](C)c2ccc(F)c(F)c2)C1. The zero-order chi connectivity index (χ0) is 16.1. The van der Waals surface area contributed by atoms with Crippen LogP contribution in [0.1, 0.15) is 38.3 Å². The Morgan fingerprint density at radius 2 is 2.23 bits per heavy atom. The van der Waals surface area contributed by atoms with Crippen molar-refractivity contribution in [3.8, 4) is 0 Å². The molecule has 22 heavy (non-hydrogen) atoms. The minimum absolute atomic E-state index is 0.0723. The van der Waals surface area contributed by atoms with Gasteiger partial charge in [-0.1, -0.05) is 6.07 Å². The number of halogens is 2. The molecule has 0 radical (unpaired) electrons. The van der Waals surface area contributed by atoms with Crippen molar-refractivity contribution >= 4 is 6.03 Å². The summed E-state index contributed by atoms with van der Waals surface area (Å²) in [5.41, 5.74) is 0.533. The highest BCUT2D eigenvalue weighted by Gasteiger charge is 2.25. The Morgan fingerprint density at radius 3 is 2.91 bits per heavy atom. The number of nitrogens with one attached hydrogen (secondary N) is 1. The van der Waals surface area contributed by atoms with E-state index >= 15 is 0 Å². The molecule has 2 amide bonds. The van der Waals surface area contributed by atoms with Crippen LogP contribution in [-0.2, 0) is 4.74 Å². The molecule has 1 aliphatic heterocycles. The lowest BCUT2D eigenvalue weighted by Gasteiger charge is -2.33. The van der Waals surface area contributed by atoms with E-state index in [1.54, 1.807) is 11.8 Å². The zero-order valence-electron chi connectivity index (χ0n) is 12.9. The van der Waals surface area contributed by atoms with E-state index in [2.05, 4.69) is 5.32 Å². The van der Waals surface area contributed by atoms with Crippen molar-refractivity contribution < 1.29 is 18.3 Å². The molecule has 1 N–H and O–H groups in total. The molecule has 0 aliphatic carbocycles. The van der Waals surface area contributed by atoms with E-state index in [4.69, 9.17) is 4.74 Å². The number of nitrogens with zero attached hydrogens (tertiary/aromatic N) is 1. The normalized spacial score (nSPS) is 19.8. The number of likely N-dealkylation sites (tertiary alicyclic amines) is 1. The summed E-state index contributed by atoms with van der Waals surface area (Å²) in [4.78, 5) is 14.0. The molecule has 0 bridgehead atoms. The number of rotatable bonds is 4. The summed E-state index contributed by atoms with van der Waals surface area (Å²) in [6.45, 7) is 5.55. The van der Waals surface area contributed by atoms with Crippen molar-refractivity contribution in [3.05, 3.63) is 35.4 Å². The topological polar surface area (TPSA) is 41.6 Å². The molecular weight excluding hydrogens is 290 g/mol. The van der Waals surface area contributed by atoms with Gasteiger partial charge >= 0.3 is 6.03 Å². The third-order valence-corrected chi connectivity index (χ3v) is 3.85. The molecule has 2 atom stereocenters. The van der Waals surface area contributed by atoms with Crippen LogP contribution in [-0.4, -0.2) is 36.7 Å². The number of benzene rings is 1. The summed E-state index contributed by atoms with van der Waals surface area (Å²) in [5.74, 6) is -1.80. The fourth-order valence-electron chi connectivity index (χ4n) is 2.64. The summed E-state index contributed by atoms with van der Waals surface area (Å²) in [6.07, 6.45) is 1.93. The Hall–Kier alpha value is -1.69. The largest absolute Gasteiger partial charge is 0.377 e. The molecular formula is C16H22F2N2O2. The monoisotopic (exact) mass is 312 g/mol. The number of ether oxygens (including phenoxy) is 1. The molecule has 1 heterocycles. The second-order valence-electron chi connectivity index (χ2n) is 5.51. The second-order valence-corrected chi connectivity index (χ2v) is 5.51. The summed E-state index contributed by atoms with van der Waals surface area (Å²) in [7, 11) is 0. The van der Waals surface area contributed by atoms with Gasteiger partial charge in [0.2, 0.25) is 0 Å². The van der Waals surface area contributed by atoms with Gasteiger partial charge in [-0.2, -0.15) is 0 Å². The summed E-state index contributed by atoms with van der Waals surface area (Å²) in [6, 6.07) is 3.05. The molecule has 1 aromatic rings. The molecule has 1 saturated heterocycles. The van der Waals surface area contributed by atoms with E-state index in [9.17, 15) is 13.6 Å².